The molecule has 0 aliphatic carbocycles. The number of phenolic OH excluding ortho intramolecular Hbond substituents is 1. The van der Waals surface area contributed by atoms with Crippen LogP contribution in [-0.2, 0) is 4.74 Å². The number of methoxy groups -OCH3 is 1. The van der Waals surface area contributed by atoms with Crippen LogP contribution in [0.4, 0.5) is 0 Å². The lowest BCUT2D eigenvalue weighted by molar-refractivity contribution is 0.0723. The highest BCUT2D eigenvalue weighted by atomic mass is 35.5. The molecule has 1 amide bonds. The summed E-state index contributed by atoms with van der Waals surface area (Å²) >= 11 is 6.21. The Morgan fingerprint density at radius 2 is 2.00 bits per heavy atom. The number of fused-ring (bicyclic) bond motifs is 1. The molecule has 1 aliphatic heterocycles. The van der Waals surface area contributed by atoms with Crippen LogP contribution < -0.4 is 4.74 Å². The zero-order chi connectivity index (χ0) is 24.1. The number of benzene rings is 2. The SMILES string of the molecule is CCCCCOc1cccc(C2c3c(-c4cc(Cl)ccc4O)n[nH]c3C(=O)N2CCCOC)c1. The number of hydrogen-bond donors (Lipinski definition) is 2. The van der Waals surface area contributed by atoms with Crippen LogP contribution >= 0.6 is 11.6 Å². The molecule has 34 heavy (non-hydrogen) atoms. The number of H-pyrrole nitrogens is 1. The molecule has 1 aliphatic rings. The van der Waals surface area contributed by atoms with Gasteiger partial charge in [0.2, 0.25) is 0 Å². The van der Waals surface area contributed by atoms with Crippen molar-refractivity contribution < 1.29 is 19.4 Å². The van der Waals surface area contributed by atoms with Gasteiger partial charge in [-0.25, -0.2) is 0 Å². The summed E-state index contributed by atoms with van der Waals surface area (Å²) in [7, 11) is 1.65. The predicted octanol–water partition coefficient (Wildman–Crippen LogP) is 5.59. The maximum absolute atomic E-state index is 13.4. The Hall–Kier alpha value is -3.03. The molecule has 180 valence electrons. The van der Waals surface area contributed by atoms with Gasteiger partial charge in [-0.05, 0) is 48.7 Å². The monoisotopic (exact) mass is 483 g/mol. The minimum Gasteiger partial charge on any atom is -0.507 e. The predicted molar refractivity (Wildman–Crippen MR) is 132 cm³/mol. The van der Waals surface area contributed by atoms with Crippen LogP contribution in [0, 0.1) is 0 Å². The summed E-state index contributed by atoms with van der Waals surface area (Å²) in [4.78, 5) is 15.2. The maximum atomic E-state index is 13.4. The number of aromatic hydroxyl groups is 1. The minimum atomic E-state index is -0.384. The highest BCUT2D eigenvalue weighted by molar-refractivity contribution is 6.31. The van der Waals surface area contributed by atoms with E-state index in [1.54, 1.807) is 19.2 Å². The van der Waals surface area contributed by atoms with Crippen LogP contribution in [0.1, 0.15) is 60.3 Å². The number of ether oxygens (including phenoxy) is 2. The number of phenols is 1. The van der Waals surface area contributed by atoms with Crippen molar-refractivity contribution in [3.05, 3.63) is 64.3 Å². The van der Waals surface area contributed by atoms with E-state index in [4.69, 9.17) is 21.1 Å². The van der Waals surface area contributed by atoms with Crippen molar-refractivity contribution in [1.29, 1.82) is 0 Å². The minimum absolute atomic E-state index is 0.0516. The molecular formula is C26H30ClN3O4. The van der Waals surface area contributed by atoms with Gasteiger partial charge >= 0.3 is 0 Å². The van der Waals surface area contributed by atoms with E-state index in [0.717, 1.165) is 36.1 Å². The Morgan fingerprint density at radius 1 is 1.15 bits per heavy atom. The third-order valence-electron chi connectivity index (χ3n) is 6.02. The lowest BCUT2D eigenvalue weighted by Gasteiger charge is -2.26. The molecule has 1 aromatic heterocycles. The van der Waals surface area contributed by atoms with E-state index in [9.17, 15) is 9.90 Å². The van der Waals surface area contributed by atoms with E-state index in [1.807, 2.05) is 29.2 Å². The average molecular weight is 484 g/mol. The number of amides is 1. The Morgan fingerprint density at radius 3 is 2.79 bits per heavy atom. The van der Waals surface area contributed by atoms with E-state index in [1.165, 1.54) is 6.07 Å². The zero-order valence-electron chi connectivity index (χ0n) is 19.5. The summed E-state index contributed by atoms with van der Waals surface area (Å²) in [6, 6.07) is 12.3. The number of halogens is 1. The van der Waals surface area contributed by atoms with Crippen molar-refractivity contribution in [2.24, 2.45) is 0 Å². The summed E-state index contributed by atoms with van der Waals surface area (Å²) < 4.78 is 11.2. The molecule has 7 nitrogen and oxygen atoms in total. The molecule has 2 N–H and O–H groups in total. The number of carbonyl (C=O) groups is 1. The first-order valence-corrected chi connectivity index (χ1v) is 12.0. The van der Waals surface area contributed by atoms with Crippen molar-refractivity contribution in [3.63, 3.8) is 0 Å². The molecule has 1 unspecified atom stereocenters. The van der Waals surface area contributed by atoms with Gasteiger partial charge in [0, 0.05) is 36.4 Å². The van der Waals surface area contributed by atoms with Crippen LogP contribution in [0.5, 0.6) is 11.5 Å². The first-order valence-electron chi connectivity index (χ1n) is 11.6. The van der Waals surface area contributed by atoms with Gasteiger partial charge in [0.1, 0.15) is 22.9 Å². The van der Waals surface area contributed by atoms with Crippen LogP contribution in [-0.4, -0.2) is 53.0 Å². The molecule has 2 aromatic carbocycles. The van der Waals surface area contributed by atoms with Crippen molar-refractivity contribution in [1.82, 2.24) is 15.1 Å². The van der Waals surface area contributed by atoms with Gasteiger partial charge in [-0.15, -0.1) is 0 Å². The molecule has 1 atom stereocenters. The molecule has 0 bridgehead atoms. The molecule has 3 aromatic rings. The largest absolute Gasteiger partial charge is 0.507 e. The Kier molecular flexibility index (Phi) is 7.75. The number of hydrogen-bond acceptors (Lipinski definition) is 5. The second-order valence-corrected chi connectivity index (χ2v) is 8.83. The first-order chi connectivity index (χ1) is 16.5. The summed E-state index contributed by atoms with van der Waals surface area (Å²) in [5, 5.41) is 18.3. The third-order valence-corrected chi connectivity index (χ3v) is 6.25. The number of rotatable bonds is 11. The summed E-state index contributed by atoms with van der Waals surface area (Å²) in [6.07, 6.45) is 3.94. The molecule has 8 heteroatoms. The molecule has 0 saturated heterocycles. The fourth-order valence-corrected chi connectivity index (χ4v) is 4.54. The van der Waals surface area contributed by atoms with Gasteiger partial charge in [-0.3, -0.25) is 9.89 Å². The van der Waals surface area contributed by atoms with Crippen molar-refractivity contribution in [3.8, 4) is 22.8 Å². The molecular weight excluding hydrogens is 454 g/mol. The number of unbranched alkanes of at least 4 members (excludes halogenated alkanes) is 2. The van der Waals surface area contributed by atoms with Crippen LogP contribution in [0.2, 0.25) is 5.02 Å². The van der Waals surface area contributed by atoms with Crippen LogP contribution in [0.3, 0.4) is 0 Å². The number of aromatic amines is 1. The van der Waals surface area contributed by atoms with E-state index in [0.29, 0.717) is 48.2 Å². The molecule has 2 heterocycles. The summed E-state index contributed by atoms with van der Waals surface area (Å²) in [6.45, 7) is 3.87. The fraction of sp³-hybridized carbons (Fsp3) is 0.385. The lowest BCUT2D eigenvalue weighted by atomic mass is 9.95. The Balaban J connectivity index is 1.75. The van der Waals surface area contributed by atoms with Gasteiger partial charge < -0.3 is 19.5 Å². The van der Waals surface area contributed by atoms with E-state index in [2.05, 4.69) is 17.1 Å². The number of nitrogens with one attached hydrogen (secondary N) is 1. The van der Waals surface area contributed by atoms with Crippen LogP contribution in [0.25, 0.3) is 11.3 Å². The summed E-state index contributed by atoms with van der Waals surface area (Å²) in [5.41, 5.74) is 3.06. The van der Waals surface area contributed by atoms with Crippen molar-refractivity contribution in [2.75, 3.05) is 26.9 Å². The van der Waals surface area contributed by atoms with Gasteiger partial charge in [-0.2, -0.15) is 5.10 Å². The topological polar surface area (TPSA) is 87.7 Å². The van der Waals surface area contributed by atoms with Gasteiger partial charge in [-0.1, -0.05) is 43.5 Å². The Labute approximate surface area is 204 Å². The summed E-state index contributed by atoms with van der Waals surface area (Å²) in [5.74, 6) is 0.684. The number of carbonyl (C=O) groups excluding carboxylic acids is 1. The standard InChI is InChI=1S/C26H30ClN3O4/c1-3-4-5-14-34-19-9-6-8-17(15-19)25-22-23(20-16-18(27)10-11-21(20)31)28-29-24(22)26(32)30(25)12-7-13-33-2/h6,8-11,15-16,25,31H,3-5,7,12-14H2,1-2H3,(H,28,29). The highest BCUT2D eigenvalue weighted by Gasteiger charge is 2.42. The zero-order valence-corrected chi connectivity index (χ0v) is 20.3. The van der Waals surface area contributed by atoms with E-state index >= 15 is 0 Å². The highest BCUT2D eigenvalue weighted by Crippen LogP contribution is 2.45. The van der Waals surface area contributed by atoms with Crippen molar-refractivity contribution in [2.45, 2.75) is 38.6 Å². The Bertz CT molecular complexity index is 1150. The quantitative estimate of drug-likeness (QED) is 0.347. The third kappa shape index (κ3) is 4.91. The second-order valence-electron chi connectivity index (χ2n) is 8.40. The number of aromatic nitrogens is 2. The smallest absolute Gasteiger partial charge is 0.273 e. The van der Waals surface area contributed by atoms with E-state index in [-0.39, 0.29) is 17.7 Å². The van der Waals surface area contributed by atoms with Gasteiger partial charge in [0.05, 0.1) is 12.6 Å². The molecule has 0 fully saturated rings. The number of nitrogens with zero attached hydrogens (tertiary/aromatic N) is 2. The first kappa shape index (κ1) is 24.1. The normalized spacial score (nSPS) is 15.1. The molecule has 0 radical (unpaired) electrons. The molecule has 4 rings (SSSR count). The van der Waals surface area contributed by atoms with Gasteiger partial charge in [0.25, 0.3) is 5.91 Å². The van der Waals surface area contributed by atoms with Crippen molar-refractivity contribution >= 4 is 17.5 Å². The molecule has 0 saturated carbocycles. The molecule has 0 spiro atoms. The maximum Gasteiger partial charge on any atom is 0.273 e. The van der Waals surface area contributed by atoms with Crippen LogP contribution in [0.15, 0.2) is 42.5 Å². The lowest BCUT2D eigenvalue weighted by Crippen LogP contribution is -2.31. The van der Waals surface area contributed by atoms with Gasteiger partial charge in [0.15, 0.2) is 0 Å². The van der Waals surface area contributed by atoms with E-state index < -0.39 is 0 Å². The fourth-order valence-electron chi connectivity index (χ4n) is 4.37. The average Bonchev–Trinajstić information content (AvgIpc) is 3.38. The second kappa shape index (κ2) is 10.9.